The molecule has 0 bridgehead atoms. The highest BCUT2D eigenvalue weighted by atomic mass is 16.2. The lowest BCUT2D eigenvalue weighted by Crippen LogP contribution is -1.74. The molecule has 0 aliphatic carbocycles. The molecule has 0 fully saturated rings. The monoisotopic (exact) mass is 196 g/mol. The average molecular weight is 196 g/mol. The fraction of sp³-hybridized carbons (Fsp3) is 0.417. The zero-order valence-electron chi connectivity index (χ0n) is 9.66. The number of aliphatic hydroxyl groups excluding tert-OH is 1. The van der Waals surface area contributed by atoms with Crippen LogP contribution < -0.4 is 0 Å². The molecule has 0 saturated heterocycles. The summed E-state index contributed by atoms with van der Waals surface area (Å²) in [6, 6.07) is 8.36. The van der Waals surface area contributed by atoms with Crippen molar-refractivity contribution in [2.75, 3.05) is 7.11 Å². The summed E-state index contributed by atoms with van der Waals surface area (Å²) in [6.07, 6.45) is 0. The second-order valence-electron chi connectivity index (χ2n) is 2.99. The van der Waals surface area contributed by atoms with Crippen molar-refractivity contribution in [2.45, 2.75) is 27.7 Å². The molecular weight excluding hydrogens is 176 g/mol. The summed E-state index contributed by atoms with van der Waals surface area (Å²) in [6.45, 7) is 7.30. The Morgan fingerprint density at radius 2 is 1.21 bits per heavy atom. The number of ketones is 1. The Bertz CT molecular complexity index is 229. The maximum absolute atomic E-state index is 9.44. The van der Waals surface area contributed by atoms with Crippen LogP contribution in [0.15, 0.2) is 24.3 Å². The lowest BCUT2D eigenvalue weighted by Gasteiger charge is -1.93. The average Bonchev–Trinajstić information content (AvgIpc) is 2.13. The van der Waals surface area contributed by atoms with Gasteiger partial charge < -0.3 is 9.90 Å². The summed E-state index contributed by atoms with van der Waals surface area (Å²) in [7, 11) is 1.00. The number of aryl methyl sites for hydroxylation is 2. The largest absolute Gasteiger partial charge is 0.400 e. The van der Waals surface area contributed by atoms with Gasteiger partial charge in [-0.05, 0) is 38.8 Å². The Balaban J connectivity index is 0. The molecule has 0 aromatic heterocycles. The predicted octanol–water partition coefficient (Wildman–Crippen LogP) is 2.51. The first-order valence-corrected chi connectivity index (χ1v) is 4.48. The second kappa shape index (κ2) is 9.93. The van der Waals surface area contributed by atoms with Crippen LogP contribution in [0.2, 0.25) is 0 Å². The van der Waals surface area contributed by atoms with E-state index in [4.69, 9.17) is 5.11 Å². The number of hydrogen-bond donors (Lipinski definition) is 1. The van der Waals surface area contributed by atoms with Crippen molar-refractivity contribution in [3.05, 3.63) is 35.4 Å². The van der Waals surface area contributed by atoms with Crippen molar-refractivity contribution in [2.24, 2.45) is 0 Å². The van der Waals surface area contributed by atoms with Crippen LogP contribution in [0.1, 0.15) is 25.0 Å². The van der Waals surface area contributed by atoms with E-state index >= 15 is 0 Å². The number of aliphatic hydroxyl groups is 1. The van der Waals surface area contributed by atoms with E-state index in [0.717, 1.165) is 7.11 Å². The summed E-state index contributed by atoms with van der Waals surface area (Å²) in [4.78, 5) is 9.44. The summed E-state index contributed by atoms with van der Waals surface area (Å²) in [5.74, 6) is 0.167. The van der Waals surface area contributed by atoms with Gasteiger partial charge in [0.25, 0.3) is 0 Å². The molecule has 0 unspecified atom stereocenters. The molecule has 1 aromatic rings. The molecular formula is C12H20O2. The van der Waals surface area contributed by atoms with Crippen LogP contribution >= 0.6 is 0 Å². The van der Waals surface area contributed by atoms with E-state index in [9.17, 15) is 4.79 Å². The van der Waals surface area contributed by atoms with Gasteiger partial charge in [-0.15, -0.1) is 0 Å². The first kappa shape index (κ1) is 15.3. The molecule has 2 nitrogen and oxygen atoms in total. The second-order valence-corrected chi connectivity index (χ2v) is 2.99. The minimum Gasteiger partial charge on any atom is -0.400 e. The molecule has 0 spiro atoms. The lowest BCUT2D eigenvalue weighted by atomic mass is 10.1. The Labute approximate surface area is 86.6 Å². The zero-order chi connectivity index (χ0) is 11.6. The third-order valence-electron chi connectivity index (χ3n) is 1.43. The van der Waals surface area contributed by atoms with E-state index in [1.165, 1.54) is 25.0 Å². The number of rotatable bonds is 0. The van der Waals surface area contributed by atoms with Gasteiger partial charge in [0.1, 0.15) is 5.78 Å². The van der Waals surface area contributed by atoms with Crippen LogP contribution in [0.4, 0.5) is 0 Å². The standard InChI is InChI=1S/C8H10.C3H6O.CH4O/c1-7-5-3-4-6-8(7)2;1-3(2)4;1-2/h3-6H,1-2H3;1-2H3;2H,1H3. The highest BCUT2D eigenvalue weighted by Gasteiger charge is 1.83. The van der Waals surface area contributed by atoms with Crippen LogP contribution in [0.25, 0.3) is 0 Å². The Morgan fingerprint density at radius 1 is 1.00 bits per heavy atom. The number of carbonyl (C=O) groups excluding carboxylic acids is 1. The molecule has 1 N–H and O–H groups in total. The fourth-order valence-corrected chi connectivity index (χ4v) is 0.663. The molecule has 80 valence electrons. The van der Waals surface area contributed by atoms with Gasteiger partial charge in [0.05, 0.1) is 0 Å². The van der Waals surface area contributed by atoms with Crippen molar-refractivity contribution in [1.29, 1.82) is 0 Å². The van der Waals surface area contributed by atoms with Crippen LogP contribution in [-0.2, 0) is 4.79 Å². The van der Waals surface area contributed by atoms with E-state index in [-0.39, 0.29) is 5.78 Å². The predicted molar refractivity (Wildman–Crippen MR) is 60.4 cm³/mol. The minimum atomic E-state index is 0.167. The maximum atomic E-state index is 9.44. The number of Topliss-reactive ketones (excluding diaryl/α,β-unsaturated/α-hetero) is 1. The Morgan fingerprint density at radius 3 is 1.36 bits per heavy atom. The van der Waals surface area contributed by atoms with Crippen LogP contribution in [0, 0.1) is 13.8 Å². The molecule has 2 heteroatoms. The molecule has 0 atom stereocenters. The molecule has 1 rings (SSSR count). The molecule has 0 amide bonds. The summed E-state index contributed by atoms with van der Waals surface area (Å²) in [5, 5.41) is 7.00. The third kappa shape index (κ3) is 10.8. The van der Waals surface area contributed by atoms with Gasteiger partial charge >= 0.3 is 0 Å². The maximum Gasteiger partial charge on any atom is 0.126 e. The van der Waals surface area contributed by atoms with E-state index in [1.807, 2.05) is 0 Å². The smallest absolute Gasteiger partial charge is 0.126 e. The van der Waals surface area contributed by atoms with Crippen molar-refractivity contribution in [3.63, 3.8) is 0 Å². The minimum absolute atomic E-state index is 0.167. The zero-order valence-corrected chi connectivity index (χ0v) is 9.66. The summed E-state index contributed by atoms with van der Waals surface area (Å²) < 4.78 is 0. The van der Waals surface area contributed by atoms with E-state index in [0.29, 0.717) is 0 Å². The Kier molecular flexibility index (Phi) is 10.9. The van der Waals surface area contributed by atoms with Crippen molar-refractivity contribution >= 4 is 5.78 Å². The molecule has 0 saturated carbocycles. The van der Waals surface area contributed by atoms with Gasteiger partial charge in [0.2, 0.25) is 0 Å². The van der Waals surface area contributed by atoms with Gasteiger partial charge in [-0.1, -0.05) is 24.3 Å². The van der Waals surface area contributed by atoms with Crippen LogP contribution in [0.5, 0.6) is 0 Å². The highest BCUT2D eigenvalue weighted by molar-refractivity contribution is 5.72. The van der Waals surface area contributed by atoms with Crippen LogP contribution in [-0.4, -0.2) is 18.0 Å². The molecule has 0 aliphatic rings. The molecule has 0 radical (unpaired) electrons. The number of benzene rings is 1. The molecule has 14 heavy (non-hydrogen) atoms. The van der Waals surface area contributed by atoms with Gasteiger partial charge in [0.15, 0.2) is 0 Å². The molecule has 0 aliphatic heterocycles. The topological polar surface area (TPSA) is 37.3 Å². The van der Waals surface area contributed by atoms with Gasteiger partial charge in [-0.3, -0.25) is 0 Å². The van der Waals surface area contributed by atoms with Crippen molar-refractivity contribution in [1.82, 2.24) is 0 Å². The number of carbonyl (C=O) groups is 1. The normalized spacial score (nSPS) is 7.57. The van der Waals surface area contributed by atoms with Crippen LogP contribution in [0.3, 0.4) is 0 Å². The SMILES string of the molecule is CC(C)=O.CO.Cc1ccccc1C. The quantitative estimate of drug-likeness (QED) is 0.692. The third-order valence-corrected chi connectivity index (χ3v) is 1.43. The van der Waals surface area contributed by atoms with Gasteiger partial charge in [-0.25, -0.2) is 0 Å². The first-order chi connectivity index (χ1) is 6.54. The highest BCUT2D eigenvalue weighted by Crippen LogP contribution is 2.02. The van der Waals surface area contributed by atoms with Crippen molar-refractivity contribution in [3.8, 4) is 0 Å². The molecule has 1 aromatic carbocycles. The van der Waals surface area contributed by atoms with E-state index in [1.54, 1.807) is 0 Å². The Hall–Kier alpha value is -1.15. The number of hydrogen-bond acceptors (Lipinski definition) is 2. The van der Waals surface area contributed by atoms with E-state index < -0.39 is 0 Å². The van der Waals surface area contributed by atoms with E-state index in [2.05, 4.69) is 38.1 Å². The van der Waals surface area contributed by atoms with Gasteiger partial charge in [0, 0.05) is 7.11 Å². The summed E-state index contributed by atoms with van der Waals surface area (Å²) >= 11 is 0. The lowest BCUT2D eigenvalue weighted by molar-refractivity contribution is -0.114. The molecule has 0 heterocycles. The summed E-state index contributed by atoms with van der Waals surface area (Å²) in [5.41, 5.74) is 2.74. The van der Waals surface area contributed by atoms with Crippen molar-refractivity contribution < 1.29 is 9.90 Å². The van der Waals surface area contributed by atoms with Gasteiger partial charge in [-0.2, -0.15) is 0 Å². The first-order valence-electron chi connectivity index (χ1n) is 4.48. The fourth-order valence-electron chi connectivity index (χ4n) is 0.663.